The summed E-state index contributed by atoms with van der Waals surface area (Å²) in [4.78, 5) is 23.7. The molecule has 2 aliphatic rings. The fraction of sp³-hybridized carbons (Fsp3) is 0.321. The highest BCUT2D eigenvalue weighted by atomic mass is 32.2. The van der Waals surface area contributed by atoms with Gasteiger partial charge in [0.2, 0.25) is 6.79 Å². The lowest BCUT2D eigenvalue weighted by atomic mass is 9.91. The maximum absolute atomic E-state index is 13.9. The van der Waals surface area contributed by atoms with Crippen molar-refractivity contribution in [3.63, 3.8) is 0 Å². The highest BCUT2D eigenvalue weighted by Gasteiger charge is 2.31. The first-order chi connectivity index (χ1) is 17.4. The van der Waals surface area contributed by atoms with Gasteiger partial charge in [0.1, 0.15) is 0 Å². The number of benzene rings is 2. The van der Waals surface area contributed by atoms with E-state index in [2.05, 4.69) is 13.8 Å². The molecular weight excluding hydrogens is 474 g/mol. The molecule has 0 radical (unpaired) electrons. The van der Waals surface area contributed by atoms with Crippen molar-refractivity contribution in [2.24, 2.45) is 0 Å². The van der Waals surface area contributed by atoms with Crippen LogP contribution in [-0.2, 0) is 23.5 Å². The van der Waals surface area contributed by atoms with Gasteiger partial charge in [-0.2, -0.15) is 0 Å². The smallest absolute Gasteiger partial charge is 0.268 e. The monoisotopic (exact) mass is 501 g/mol. The van der Waals surface area contributed by atoms with Crippen LogP contribution in [0, 0.1) is 6.92 Å². The Balaban J connectivity index is 1.45. The zero-order chi connectivity index (χ0) is 24.9. The van der Waals surface area contributed by atoms with Crippen LogP contribution in [0.25, 0.3) is 16.7 Å². The summed E-state index contributed by atoms with van der Waals surface area (Å²) in [6, 6.07) is 15.7. The van der Waals surface area contributed by atoms with Gasteiger partial charge in [-0.25, -0.2) is 9.97 Å². The normalized spacial score (nSPS) is 18.4. The van der Waals surface area contributed by atoms with Crippen molar-refractivity contribution in [3.8, 4) is 17.2 Å². The minimum Gasteiger partial charge on any atom is -0.454 e. The molecule has 2 aliphatic heterocycles. The van der Waals surface area contributed by atoms with Gasteiger partial charge in [-0.15, -0.1) is 0 Å². The van der Waals surface area contributed by atoms with Gasteiger partial charge in [-0.3, -0.25) is 9.36 Å². The van der Waals surface area contributed by atoms with Crippen molar-refractivity contribution < 1.29 is 14.2 Å². The summed E-state index contributed by atoms with van der Waals surface area (Å²) in [7, 11) is 0. The standard InChI is InChI=1S/C28H27N3O4S/c1-4-28(3)13-22-19(14-35-28)12-21-25(29-22)30-27(31(26(21)32)20-8-5-17(2)6-9-20)36-15-18-7-10-23-24(11-18)34-16-33-23/h5-12H,4,13-16H2,1-3H3/t28-/m1/s1. The molecule has 0 saturated heterocycles. The van der Waals surface area contributed by atoms with Gasteiger partial charge < -0.3 is 14.2 Å². The molecule has 0 aliphatic carbocycles. The van der Waals surface area contributed by atoms with Crippen LogP contribution >= 0.6 is 11.8 Å². The topological polar surface area (TPSA) is 75.5 Å². The summed E-state index contributed by atoms with van der Waals surface area (Å²) in [5, 5.41) is 1.11. The molecule has 0 fully saturated rings. The van der Waals surface area contributed by atoms with Gasteiger partial charge in [-0.05, 0) is 56.2 Å². The minimum absolute atomic E-state index is 0.129. The summed E-state index contributed by atoms with van der Waals surface area (Å²) in [5.74, 6) is 2.11. The van der Waals surface area contributed by atoms with E-state index in [4.69, 9.17) is 24.2 Å². The Morgan fingerprint density at radius 2 is 1.86 bits per heavy atom. The van der Waals surface area contributed by atoms with Gasteiger partial charge in [-0.1, -0.05) is 42.4 Å². The largest absolute Gasteiger partial charge is 0.454 e. The van der Waals surface area contributed by atoms with Crippen molar-refractivity contribution in [2.75, 3.05) is 6.79 Å². The van der Waals surface area contributed by atoms with Crippen LogP contribution in [0.15, 0.2) is 58.5 Å². The number of ether oxygens (including phenoxy) is 3. The Bertz CT molecular complexity index is 1530. The molecule has 4 aromatic rings. The Labute approximate surface area is 213 Å². The first kappa shape index (κ1) is 23.1. The number of pyridine rings is 1. The number of thioether (sulfide) groups is 1. The molecule has 0 spiro atoms. The lowest BCUT2D eigenvalue weighted by Gasteiger charge is -2.33. The average Bonchev–Trinajstić information content (AvgIpc) is 3.35. The predicted octanol–water partition coefficient (Wildman–Crippen LogP) is 5.35. The molecule has 4 heterocycles. The SMILES string of the molecule is CC[C@]1(C)Cc2nc3nc(SCc4ccc5c(c4)OCO5)n(-c4ccc(C)cc4)c(=O)c3cc2CO1. The first-order valence-corrected chi connectivity index (χ1v) is 13.1. The van der Waals surface area contributed by atoms with E-state index in [0.717, 1.165) is 46.0 Å². The van der Waals surface area contributed by atoms with E-state index in [-0.39, 0.29) is 18.0 Å². The molecule has 2 aromatic heterocycles. The third-order valence-electron chi connectivity index (χ3n) is 6.96. The highest BCUT2D eigenvalue weighted by Crippen LogP contribution is 2.35. The van der Waals surface area contributed by atoms with E-state index in [0.29, 0.717) is 35.0 Å². The fourth-order valence-electron chi connectivity index (χ4n) is 4.53. The number of hydrogen-bond donors (Lipinski definition) is 0. The summed E-state index contributed by atoms with van der Waals surface area (Å²) < 4.78 is 18.8. The second kappa shape index (κ2) is 8.94. The Kier molecular flexibility index (Phi) is 5.73. The van der Waals surface area contributed by atoms with E-state index in [1.54, 1.807) is 4.57 Å². The predicted molar refractivity (Wildman–Crippen MR) is 139 cm³/mol. The summed E-state index contributed by atoms with van der Waals surface area (Å²) in [6.45, 7) is 6.95. The number of rotatable bonds is 5. The number of aryl methyl sites for hydroxylation is 1. The van der Waals surface area contributed by atoms with Crippen molar-refractivity contribution in [3.05, 3.63) is 81.3 Å². The molecule has 6 rings (SSSR count). The summed E-state index contributed by atoms with van der Waals surface area (Å²) >= 11 is 1.51. The van der Waals surface area contributed by atoms with Crippen LogP contribution in [0.5, 0.6) is 11.5 Å². The molecule has 0 N–H and O–H groups in total. The lowest BCUT2D eigenvalue weighted by molar-refractivity contribution is -0.0573. The van der Waals surface area contributed by atoms with E-state index in [9.17, 15) is 4.79 Å². The summed E-state index contributed by atoms with van der Waals surface area (Å²) in [6.07, 6.45) is 1.60. The molecule has 0 unspecified atom stereocenters. The molecule has 0 saturated carbocycles. The van der Waals surface area contributed by atoms with Gasteiger partial charge in [0.05, 0.1) is 29.0 Å². The number of nitrogens with zero attached hydrogens (tertiary/aromatic N) is 3. The van der Waals surface area contributed by atoms with Crippen LogP contribution in [0.2, 0.25) is 0 Å². The molecule has 1 atom stereocenters. The van der Waals surface area contributed by atoms with Crippen molar-refractivity contribution in [2.45, 2.75) is 56.7 Å². The molecule has 0 amide bonds. The molecule has 8 heteroatoms. The van der Waals surface area contributed by atoms with Gasteiger partial charge in [0.15, 0.2) is 22.3 Å². The maximum atomic E-state index is 13.9. The van der Waals surface area contributed by atoms with Gasteiger partial charge in [0, 0.05) is 17.7 Å². The zero-order valence-electron chi connectivity index (χ0n) is 20.5. The van der Waals surface area contributed by atoms with E-state index >= 15 is 0 Å². The highest BCUT2D eigenvalue weighted by molar-refractivity contribution is 7.98. The van der Waals surface area contributed by atoms with Crippen LogP contribution in [0.4, 0.5) is 0 Å². The molecule has 7 nitrogen and oxygen atoms in total. The second-order valence-electron chi connectivity index (χ2n) is 9.58. The second-order valence-corrected chi connectivity index (χ2v) is 10.5. The maximum Gasteiger partial charge on any atom is 0.268 e. The number of fused-ring (bicyclic) bond motifs is 3. The molecule has 2 aromatic carbocycles. The van der Waals surface area contributed by atoms with Crippen LogP contribution in [0.1, 0.15) is 42.7 Å². The molecule has 0 bridgehead atoms. The van der Waals surface area contributed by atoms with Crippen molar-refractivity contribution in [1.82, 2.24) is 14.5 Å². The Morgan fingerprint density at radius 3 is 2.67 bits per heavy atom. The first-order valence-electron chi connectivity index (χ1n) is 12.1. The quantitative estimate of drug-likeness (QED) is 0.269. The van der Waals surface area contributed by atoms with Crippen molar-refractivity contribution in [1.29, 1.82) is 0 Å². The lowest BCUT2D eigenvalue weighted by Crippen LogP contribution is -2.35. The molecule has 36 heavy (non-hydrogen) atoms. The fourth-order valence-corrected chi connectivity index (χ4v) is 5.48. The van der Waals surface area contributed by atoms with Gasteiger partial charge in [0.25, 0.3) is 5.56 Å². The third-order valence-corrected chi connectivity index (χ3v) is 7.97. The Hall–Kier alpha value is -3.36. The summed E-state index contributed by atoms with van der Waals surface area (Å²) in [5.41, 5.74) is 4.99. The number of hydrogen-bond acceptors (Lipinski definition) is 7. The number of aromatic nitrogens is 3. The average molecular weight is 502 g/mol. The minimum atomic E-state index is -0.249. The zero-order valence-corrected chi connectivity index (χ0v) is 21.4. The van der Waals surface area contributed by atoms with Crippen LogP contribution < -0.4 is 15.0 Å². The van der Waals surface area contributed by atoms with Crippen molar-refractivity contribution >= 4 is 22.8 Å². The van der Waals surface area contributed by atoms with Crippen LogP contribution in [-0.4, -0.2) is 26.9 Å². The van der Waals surface area contributed by atoms with E-state index < -0.39 is 0 Å². The van der Waals surface area contributed by atoms with E-state index in [1.807, 2.05) is 55.5 Å². The third kappa shape index (κ3) is 4.14. The van der Waals surface area contributed by atoms with Gasteiger partial charge >= 0.3 is 0 Å². The van der Waals surface area contributed by atoms with E-state index in [1.165, 1.54) is 11.8 Å². The van der Waals surface area contributed by atoms with Crippen LogP contribution in [0.3, 0.4) is 0 Å². The Morgan fingerprint density at radius 1 is 1.06 bits per heavy atom. The molecular formula is C28H27N3O4S. The molecule has 184 valence electrons.